The van der Waals surface area contributed by atoms with Gasteiger partial charge in [0.15, 0.2) is 9.84 Å². The molecule has 1 saturated heterocycles. The second kappa shape index (κ2) is 7.83. The number of rotatable bonds is 3. The van der Waals surface area contributed by atoms with Crippen LogP contribution in [0, 0.1) is 0 Å². The van der Waals surface area contributed by atoms with Gasteiger partial charge in [0.25, 0.3) is 5.91 Å². The number of benzene rings is 2. The number of alkyl halides is 3. The van der Waals surface area contributed by atoms with Gasteiger partial charge in [0, 0.05) is 18.7 Å². The Balaban J connectivity index is 1.78. The lowest BCUT2D eigenvalue weighted by Crippen LogP contribution is -2.33. The molecule has 0 unspecified atom stereocenters. The monoisotopic (exact) mass is 413 g/mol. The molecular formula is C19H18F3NO4S. The fourth-order valence-electron chi connectivity index (χ4n) is 3.20. The molecule has 1 aliphatic rings. The van der Waals surface area contributed by atoms with Gasteiger partial charge in [0.2, 0.25) is 0 Å². The molecule has 1 fully saturated rings. The van der Waals surface area contributed by atoms with Crippen molar-refractivity contribution in [3.63, 3.8) is 0 Å². The third kappa shape index (κ3) is 4.83. The van der Waals surface area contributed by atoms with Gasteiger partial charge in [-0.1, -0.05) is 36.4 Å². The molecule has 0 N–H and O–H groups in total. The summed E-state index contributed by atoms with van der Waals surface area (Å²) in [5, 5.41) is -0.716. The van der Waals surface area contributed by atoms with Gasteiger partial charge in [-0.25, -0.2) is 8.42 Å². The zero-order valence-corrected chi connectivity index (χ0v) is 15.5. The van der Waals surface area contributed by atoms with Crippen molar-refractivity contribution in [2.75, 3.05) is 18.8 Å². The van der Waals surface area contributed by atoms with Crippen molar-refractivity contribution in [3.8, 4) is 5.75 Å². The Labute approximate surface area is 160 Å². The van der Waals surface area contributed by atoms with Crippen molar-refractivity contribution < 1.29 is 31.1 Å². The summed E-state index contributed by atoms with van der Waals surface area (Å²) in [6, 6.07) is 13.5. The van der Waals surface area contributed by atoms with Gasteiger partial charge in [0.05, 0.1) is 11.0 Å². The lowest BCUT2D eigenvalue weighted by Gasteiger charge is -2.20. The summed E-state index contributed by atoms with van der Waals surface area (Å²) in [7, 11) is -3.46. The predicted molar refractivity (Wildman–Crippen MR) is 96.6 cm³/mol. The summed E-state index contributed by atoms with van der Waals surface area (Å²) < 4.78 is 66.3. The van der Waals surface area contributed by atoms with Gasteiger partial charge in [-0.05, 0) is 30.2 Å². The molecule has 150 valence electrons. The zero-order valence-electron chi connectivity index (χ0n) is 14.7. The third-order valence-corrected chi connectivity index (χ3v) is 6.64. The van der Waals surface area contributed by atoms with Crippen LogP contribution >= 0.6 is 0 Å². The van der Waals surface area contributed by atoms with E-state index in [1.807, 2.05) is 0 Å². The summed E-state index contributed by atoms with van der Waals surface area (Å²) in [5.74, 6) is -1.24. The highest BCUT2D eigenvalue weighted by Gasteiger charge is 2.34. The molecule has 0 radical (unpaired) electrons. The Morgan fingerprint density at radius 2 is 1.75 bits per heavy atom. The minimum atomic E-state index is -4.86. The molecule has 2 aromatic carbocycles. The van der Waals surface area contributed by atoms with E-state index in [1.54, 1.807) is 30.3 Å². The predicted octanol–water partition coefficient (Wildman–Crippen LogP) is 3.59. The second-order valence-corrected chi connectivity index (χ2v) is 8.73. The van der Waals surface area contributed by atoms with Gasteiger partial charge >= 0.3 is 6.36 Å². The first-order valence-electron chi connectivity index (χ1n) is 8.57. The van der Waals surface area contributed by atoms with Gasteiger partial charge in [-0.3, -0.25) is 4.79 Å². The van der Waals surface area contributed by atoms with Gasteiger partial charge < -0.3 is 9.64 Å². The number of carbonyl (C=O) groups excluding carboxylic acids is 1. The van der Waals surface area contributed by atoms with Crippen LogP contribution in [-0.2, 0) is 9.84 Å². The molecule has 0 bridgehead atoms. The van der Waals surface area contributed by atoms with Crippen LogP contribution in [0.5, 0.6) is 5.75 Å². The molecular weight excluding hydrogens is 395 g/mol. The van der Waals surface area contributed by atoms with E-state index < -0.39 is 33.1 Å². The van der Waals surface area contributed by atoms with Crippen LogP contribution in [0.4, 0.5) is 13.2 Å². The lowest BCUT2D eigenvalue weighted by atomic mass is 10.1. The van der Waals surface area contributed by atoms with E-state index in [-0.39, 0.29) is 30.8 Å². The number of hydrogen-bond acceptors (Lipinski definition) is 4. The normalized spacial score (nSPS) is 19.7. The van der Waals surface area contributed by atoms with Crippen LogP contribution in [0.25, 0.3) is 0 Å². The smallest absolute Gasteiger partial charge is 0.406 e. The van der Waals surface area contributed by atoms with Crippen molar-refractivity contribution in [1.29, 1.82) is 0 Å². The molecule has 0 saturated carbocycles. The molecule has 0 aromatic heterocycles. The van der Waals surface area contributed by atoms with Crippen molar-refractivity contribution in [2.24, 2.45) is 0 Å². The molecule has 5 nitrogen and oxygen atoms in total. The number of halogens is 3. The Hall–Kier alpha value is -2.55. The molecule has 1 heterocycles. The number of sulfone groups is 1. The molecule has 0 spiro atoms. The highest BCUT2D eigenvalue weighted by molar-refractivity contribution is 7.91. The van der Waals surface area contributed by atoms with E-state index in [1.165, 1.54) is 17.0 Å². The van der Waals surface area contributed by atoms with Gasteiger partial charge in [-0.2, -0.15) is 0 Å². The van der Waals surface area contributed by atoms with Crippen LogP contribution in [-0.4, -0.2) is 44.4 Å². The first-order chi connectivity index (χ1) is 13.2. The number of carbonyl (C=O) groups is 1. The largest absolute Gasteiger partial charge is 0.573 e. The number of hydrogen-bond donors (Lipinski definition) is 0. The number of nitrogens with zero attached hydrogens (tertiary/aromatic N) is 1. The maximum atomic E-state index is 12.7. The van der Waals surface area contributed by atoms with Crippen molar-refractivity contribution in [3.05, 3.63) is 65.7 Å². The third-order valence-electron chi connectivity index (χ3n) is 4.51. The van der Waals surface area contributed by atoms with E-state index in [0.717, 1.165) is 12.1 Å². The van der Waals surface area contributed by atoms with E-state index in [0.29, 0.717) is 5.56 Å². The lowest BCUT2D eigenvalue weighted by molar-refractivity contribution is -0.274. The standard InChI is InChI=1S/C19H18F3NO4S/c20-19(21,22)27-16-8-4-7-15(13-16)18(24)23-10-9-17(28(25,26)12-11-23)14-5-2-1-3-6-14/h1-8,13,17H,9-12H2/t17-/m1/s1. The average molecular weight is 413 g/mol. The fraction of sp³-hybridized carbons (Fsp3) is 0.316. The Bertz CT molecular complexity index is 945. The van der Waals surface area contributed by atoms with E-state index in [2.05, 4.69) is 4.74 Å². The second-order valence-electron chi connectivity index (χ2n) is 6.42. The number of ether oxygens (including phenoxy) is 1. The fourth-order valence-corrected chi connectivity index (χ4v) is 4.99. The van der Waals surface area contributed by atoms with Crippen LogP contribution in [0.1, 0.15) is 27.6 Å². The summed E-state index contributed by atoms with van der Waals surface area (Å²) in [6.07, 6.45) is -4.64. The van der Waals surface area contributed by atoms with Crippen molar-refractivity contribution in [1.82, 2.24) is 4.90 Å². The average Bonchev–Trinajstić information content (AvgIpc) is 2.79. The SMILES string of the molecule is O=C(c1cccc(OC(F)(F)F)c1)N1CC[C@H](c2ccccc2)S(=O)(=O)CC1. The quantitative estimate of drug-likeness (QED) is 0.772. The molecule has 2 aromatic rings. The van der Waals surface area contributed by atoms with E-state index in [4.69, 9.17) is 0 Å². The maximum absolute atomic E-state index is 12.7. The van der Waals surface area contributed by atoms with Crippen LogP contribution in [0.3, 0.4) is 0 Å². The highest BCUT2D eigenvalue weighted by Crippen LogP contribution is 2.30. The molecule has 1 amide bonds. The van der Waals surface area contributed by atoms with Gasteiger partial charge in [0.1, 0.15) is 5.75 Å². The molecule has 1 aliphatic heterocycles. The highest BCUT2D eigenvalue weighted by atomic mass is 32.2. The maximum Gasteiger partial charge on any atom is 0.573 e. The van der Waals surface area contributed by atoms with Crippen molar-refractivity contribution in [2.45, 2.75) is 18.0 Å². The van der Waals surface area contributed by atoms with Gasteiger partial charge in [-0.15, -0.1) is 13.2 Å². The van der Waals surface area contributed by atoms with Crippen LogP contribution in [0.15, 0.2) is 54.6 Å². The summed E-state index contributed by atoms with van der Waals surface area (Å²) in [4.78, 5) is 14.1. The Kier molecular flexibility index (Phi) is 5.64. The topological polar surface area (TPSA) is 63.7 Å². The number of amides is 1. The van der Waals surface area contributed by atoms with Crippen molar-refractivity contribution >= 4 is 15.7 Å². The molecule has 28 heavy (non-hydrogen) atoms. The first kappa shape index (κ1) is 20.2. The molecule has 1 atom stereocenters. The first-order valence-corrected chi connectivity index (χ1v) is 10.3. The summed E-state index contributed by atoms with van der Waals surface area (Å²) in [6.45, 7) is 0.164. The Morgan fingerprint density at radius 3 is 2.43 bits per heavy atom. The minimum absolute atomic E-state index is 0.0114. The van der Waals surface area contributed by atoms with E-state index in [9.17, 15) is 26.4 Å². The molecule has 0 aliphatic carbocycles. The van der Waals surface area contributed by atoms with E-state index >= 15 is 0 Å². The molecule has 3 rings (SSSR count). The summed E-state index contributed by atoms with van der Waals surface area (Å²) in [5.41, 5.74) is 0.676. The summed E-state index contributed by atoms with van der Waals surface area (Å²) >= 11 is 0. The van der Waals surface area contributed by atoms with Crippen LogP contribution in [0.2, 0.25) is 0 Å². The zero-order chi connectivity index (χ0) is 20.4. The molecule has 9 heteroatoms. The van der Waals surface area contributed by atoms with Crippen LogP contribution < -0.4 is 4.74 Å². The Morgan fingerprint density at radius 1 is 1.04 bits per heavy atom. The minimum Gasteiger partial charge on any atom is -0.406 e.